The number of fused-ring (bicyclic) bond motifs is 3. The molecule has 4 aliphatic carbocycles. The SMILES string of the molecule is c1ccc2c(c1)cc(-c1cc3ccc1CCc1ccc(cc1)CC3)c1ccccc12. The van der Waals surface area contributed by atoms with Crippen molar-refractivity contribution in [3.63, 3.8) is 0 Å². The Morgan fingerprint density at radius 3 is 1.80 bits per heavy atom. The third-order valence-corrected chi connectivity index (χ3v) is 6.64. The highest BCUT2D eigenvalue weighted by Crippen LogP contribution is 2.37. The van der Waals surface area contributed by atoms with Crippen LogP contribution in [0.2, 0.25) is 0 Å². The lowest BCUT2D eigenvalue weighted by molar-refractivity contribution is 0.923. The van der Waals surface area contributed by atoms with E-state index in [9.17, 15) is 0 Å². The van der Waals surface area contributed by atoms with E-state index in [4.69, 9.17) is 0 Å². The van der Waals surface area contributed by atoms with Gasteiger partial charge in [0.25, 0.3) is 0 Å². The minimum absolute atomic E-state index is 1.07. The number of benzene rings is 5. The second kappa shape index (κ2) is 7.15. The van der Waals surface area contributed by atoms with E-state index >= 15 is 0 Å². The van der Waals surface area contributed by atoms with Crippen molar-refractivity contribution in [3.05, 3.63) is 119 Å². The van der Waals surface area contributed by atoms with Crippen LogP contribution >= 0.6 is 0 Å². The van der Waals surface area contributed by atoms with Gasteiger partial charge in [-0.25, -0.2) is 0 Å². The van der Waals surface area contributed by atoms with Gasteiger partial charge in [-0.2, -0.15) is 0 Å². The van der Waals surface area contributed by atoms with Crippen LogP contribution in [0.3, 0.4) is 0 Å². The third-order valence-electron chi connectivity index (χ3n) is 6.64. The molecule has 4 aliphatic rings. The van der Waals surface area contributed by atoms with Gasteiger partial charge in [-0.15, -0.1) is 0 Å². The van der Waals surface area contributed by atoms with Crippen LogP contribution in [0.15, 0.2) is 97.1 Å². The predicted molar refractivity (Wildman–Crippen MR) is 128 cm³/mol. The van der Waals surface area contributed by atoms with Gasteiger partial charge in [0.2, 0.25) is 0 Å². The Hall–Kier alpha value is -3.38. The molecule has 30 heavy (non-hydrogen) atoms. The second-order valence-electron chi connectivity index (χ2n) is 8.50. The van der Waals surface area contributed by atoms with Crippen molar-refractivity contribution in [2.75, 3.05) is 0 Å². The van der Waals surface area contributed by atoms with Gasteiger partial charge < -0.3 is 0 Å². The summed E-state index contributed by atoms with van der Waals surface area (Å²) in [5.41, 5.74) is 8.51. The molecule has 144 valence electrons. The third kappa shape index (κ3) is 3.00. The molecule has 0 nitrogen and oxygen atoms in total. The number of hydrogen-bond donors (Lipinski definition) is 0. The molecule has 0 heteroatoms. The monoisotopic (exact) mass is 384 g/mol. The summed E-state index contributed by atoms with van der Waals surface area (Å²) in [7, 11) is 0. The van der Waals surface area contributed by atoms with E-state index in [-0.39, 0.29) is 0 Å². The number of rotatable bonds is 1. The van der Waals surface area contributed by atoms with Gasteiger partial charge in [-0.1, -0.05) is 91.0 Å². The first-order valence-corrected chi connectivity index (χ1v) is 11.0. The molecule has 0 atom stereocenters. The van der Waals surface area contributed by atoms with Gasteiger partial charge in [0.1, 0.15) is 0 Å². The van der Waals surface area contributed by atoms with Crippen LogP contribution in [-0.4, -0.2) is 0 Å². The lowest BCUT2D eigenvalue weighted by atomic mass is 9.87. The Labute approximate surface area is 177 Å². The average Bonchev–Trinajstić information content (AvgIpc) is 2.80. The zero-order valence-electron chi connectivity index (χ0n) is 17.1. The highest BCUT2D eigenvalue weighted by atomic mass is 14.2. The van der Waals surface area contributed by atoms with E-state index in [1.54, 1.807) is 0 Å². The van der Waals surface area contributed by atoms with Crippen molar-refractivity contribution in [1.29, 1.82) is 0 Å². The summed E-state index contributed by atoms with van der Waals surface area (Å²) < 4.78 is 0. The van der Waals surface area contributed by atoms with Crippen molar-refractivity contribution < 1.29 is 0 Å². The fraction of sp³-hybridized carbons (Fsp3) is 0.133. The number of aryl methyl sites for hydroxylation is 4. The molecule has 0 aromatic heterocycles. The van der Waals surface area contributed by atoms with Crippen LogP contribution in [0.5, 0.6) is 0 Å². The molecule has 0 amide bonds. The second-order valence-corrected chi connectivity index (χ2v) is 8.50. The van der Waals surface area contributed by atoms with E-state index < -0.39 is 0 Å². The van der Waals surface area contributed by atoms with Crippen molar-refractivity contribution in [2.45, 2.75) is 25.7 Å². The molecule has 5 aromatic carbocycles. The van der Waals surface area contributed by atoms with Gasteiger partial charge in [-0.3, -0.25) is 0 Å². The van der Waals surface area contributed by atoms with Crippen LogP contribution in [0, 0.1) is 0 Å². The minimum Gasteiger partial charge on any atom is -0.0616 e. The van der Waals surface area contributed by atoms with E-state index in [1.165, 1.54) is 54.9 Å². The topological polar surface area (TPSA) is 0 Å². The quantitative estimate of drug-likeness (QED) is 0.262. The average molecular weight is 385 g/mol. The van der Waals surface area contributed by atoms with Gasteiger partial charge in [0, 0.05) is 0 Å². The first kappa shape index (κ1) is 17.5. The minimum atomic E-state index is 1.07. The molecule has 0 N–H and O–H groups in total. The maximum absolute atomic E-state index is 2.46. The Kier molecular flexibility index (Phi) is 4.16. The smallest absolute Gasteiger partial charge is 0.00962 e. The normalized spacial score (nSPS) is 13.5. The molecule has 0 spiro atoms. The van der Waals surface area contributed by atoms with Crippen LogP contribution in [0.4, 0.5) is 0 Å². The molecule has 0 fully saturated rings. The summed E-state index contributed by atoms with van der Waals surface area (Å²) in [4.78, 5) is 0. The lowest BCUT2D eigenvalue weighted by Gasteiger charge is -2.17. The van der Waals surface area contributed by atoms with E-state index in [0.717, 1.165) is 25.7 Å². The summed E-state index contributed by atoms with van der Waals surface area (Å²) in [6, 6.07) is 36.5. The van der Waals surface area contributed by atoms with E-state index in [1.807, 2.05) is 0 Å². The van der Waals surface area contributed by atoms with Crippen LogP contribution in [0.1, 0.15) is 22.3 Å². The molecule has 4 bridgehead atoms. The van der Waals surface area contributed by atoms with Gasteiger partial charge in [-0.05, 0) is 86.7 Å². The summed E-state index contributed by atoms with van der Waals surface area (Å²) in [6.07, 6.45) is 4.32. The zero-order chi connectivity index (χ0) is 19.9. The molecule has 0 unspecified atom stereocenters. The zero-order valence-corrected chi connectivity index (χ0v) is 17.1. The fourth-order valence-electron chi connectivity index (χ4n) is 4.97. The Balaban J connectivity index is 1.59. The van der Waals surface area contributed by atoms with Crippen LogP contribution in [0.25, 0.3) is 32.7 Å². The molecule has 0 heterocycles. The fourth-order valence-corrected chi connectivity index (χ4v) is 4.97. The summed E-state index contributed by atoms with van der Waals surface area (Å²) >= 11 is 0. The highest BCUT2D eigenvalue weighted by molar-refractivity contribution is 6.13. The van der Waals surface area contributed by atoms with Gasteiger partial charge in [0.15, 0.2) is 0 Å². The first-order valence-electron chi connectivity index (χ1n) is 11.0. The Bertz CT molecular complexity index is 1370. The first-order chi connectivity index (χ1) is 14.8. The molecule has 0 radical (unpaired) electrons. The van der Waals surface area contributed by atoms with Crippen molar-refractivity contribution in [1.82, 2.24) is 0 Å². The molecule has 5 aromatic rings. The summed E-state index contributed by atoms with van der Waals surface area (Å²) in [5.74, 6) is 0. The Morgan fingerprint density at radius 1 is 0.400 bits per heavy atom. The van der Waals surface area contributed by atoms with Crippen molar-refractivity contribution in [3.8, 4) is 11.1 Å². The largest absolute Gasteiger partial charge is 0.0616 e. The van der Waals surface area contributed by atoms with E-state index in [0.29, 0.717) is 0 Å². The standard InChI is InChI=1S/C30H24/c1-2-6-26-25(5-1)20-30(28-8-4-3-7-27(26)28)29-19-23-14-13-21-9-11-22(12-10-21)15-17-24(29)18-16-23/h1-12,16,18-20H,13-15,17H2. The van der Waals surface area contributed by atoms with Crippen LogP contribution in [-0.2, 0) is 25.7 Å². The number of hydrogen-bond acceptors (Lipinski definition) is 0. The van der Waals surface area contributed by atoms with Gasteiger partial charge in [0.05, 0.1) is 0 Å². The maximum atomic E-state index is 2.46. The van der Waals surface area contributed by atoms with Gasteiger partial charge >= 0.3 is 0 Å². The summed E-state index contributed by atoms with van der Waals surface area (Å²) in [6.45, 7) is 0. The molecular formula is C30H24. The molecular weight excluding hydrogens is 360 g/mol. The predicted octanol–water partition coefficient (Wildman–Crippen LogP) is 7.54. The molecule has 0 aliphatic heterocycles. The Morgan fingerprint density at radius 2 is 1.00 bits per heavy atom. The van der Waals surface area contributed by atoms with Crippen molar-refractivity contribution in [2.24, 2.45) is 0 Å². The van der Waals surface area contributed by atoms with Crippen LogP contribution < -0.4 is 0 Å². The summed E-state index contributed by atoms with van der Waals surface area (Å²) in [5, 5.41) is 5.35. The van der Waals surface area contributed by atoms with Crippen molar-refractivity contribution >= 4 is 21.5 Å². The molecule has 0 saturated carbocycles. The van der Waals surface area contributed by atoms with E-state index in [2.05, 4.69) is 97.1 Å². The highest BCUT2D eigenvalue weighted by Gasteiger charge is 2.13. The molecule has 9 rings (SSSR count). The maximum Gasteiger partial charge on any atom is -0.00962 e. The lowest BCUT2D eigenvalue weighted by Crippen LogP contribution is -2.00. The molecule has 0 saturated heterocycles.